The standard InChI is InChI=1S/C16H25BrN2O/c1-20-15-6-7-16(17)14(12-15)13-18-8-5-11-19-9-3-2-4-10-19/h6-7,12,18H,2-5,8-11,13H2,1H3. The van der Waals surface area contributed by atoms with E-state index in [9.17, 15) is 0 Å². The molecule has 1 saturated heterocycles. The van der Waals surface area contributed by atoms with Crippen molar-refractivity contribution in [3.05, 3.63) is 28.2 Å². The maximum Gasteiger partial charge on any atom is 0.119 e. The summed E-state index contributed by atoms with van der Waals surface area (Å²) < 4.78 is 6.40. The largest absolute Gasteiger partial charge is 0.497 e. The Bertz CT molecular complexity index is 405. The van der Waals surface area contributed by atoms with Gasteiger partial charge in [-0.1, -0.05) is 22.4 Å². The van der Waals surface area contributed by atoms with Gasteiger partial charge in [-0.3, -0.25) is 0 Å². The molecule has 3 nitrogen and oxygen atoms in total. The summed E-state index contributed by atoms with van der Waals surface area (Å²) in [5, 5.41) is 3.52. The minimum atomic E-state index is 0.887. The lowest BCUT2D eigenvalue weighted by atomic mass is 10.1. The number of benzene rings is 1. The summed E-state index contributed by atoms with van der Waals surface area (Å²) in [4.78, 5) is 2.59. The molecule has 2 rings (SSSR count). The third kappa shape index (κ3) is 5.08. The smallest absolute Gasteiger partial charge is 0.119 e. The van der Waals surface area contributed by atoms with Crippen LogP contribution in [0.3, 0.4) is 0 Å². The molecule has 1 heterocycles. The Labute approximate surface area is 130 Å². The van der Waals surface area contributed by atoms with Crippen LogP contribution in [0.5, 0.6) is 5.75 Å². The van der Waals surface area contributed by atoms with Gasteiger partial charge in [0.15, 0.2) is 0 Å². The predicted molar refractivity (Wildman–Crippen MR) is 87.3 cm³/mol. The second-order valence-electron chi connectivity index (χ2n) is 5.39. The molecule has 1 fully saturated rings. The molecule has 1 N–H and O–H groups in total. The van der Waals surface area contributed by atoms with E-state index in [1.807, 2.05) is 12.1 Å². The number of halogens is 1. The zero-order chi connectivity index (χ0) is 14.2. The average Bonchev–Trinajstić information content (AvgIpc) is 2.50. The maximum absolute atomic E-state index is 5.26. The first-order valence-electron chi connectivity index (χ1n) is 7.55. The van der Waals surface area contributed by atoms with Crippen molar-refractivity contribution in [1.29, 1.82) is 0 Å². The summed E-state index contributed by atoms with van der Waals surface area (Å²) in [5.74, 6) is 0.915. The van der Waals surface area contributed by atoms with Crippen molar-refractivity contribution < 1.29 is 4.74 Å². The van der Waals surface area contributed by atoms with Gasteiger partial charge in [0.25, 0.3) is 0 Å². The Kier molecular flexibility index (Phi) is 6.83. The van der Waals surface area contributed by atoms with Crippen LogP contribution in [0.15, 0.2) is 22.7 Å². The van der Waals surface area contributed by atoms with E-state index in [1.54, 1.807) is 7.11 Å². The van der Waals surface area contributed by atoms with Gasteiger partial charge in [-0.05, 0) is 69.2 Å². The monoisotopic (exact) mass is 340 g/mol. The molecule has 0 aromatic heterocycles. The van der Waals surface area contributed by atoms with Crippen LogP contribution >= 0.6 is 15.9 Å². The molecule has 0 atom stereocenters. The van der Waals surface area contributed by atoms with E-state index in [4.69, 9.17) is 4.74 Å². The van der Waals surface area contributed by atoms with Crippen LogP contribution in [0.2, 0.25) is 0 Å². The predicted octanol–water partition coefficient (Wildman–Crippen LogP) is 3.42. The molecule has 0 unspecified atom stereocenters. The van der Waals surface area contributed by atoms with Gasteiger partial charge < -0.3 is 15.0 Å². The van der Waals surface area contributed by atoms with E-state index < -0.39 is 0 Å². The molecule has 20 heavy (non-hydrogen) atoms. The van der Waals surface area contributed by atoms with Crippen molar-refractivity contribution in [2.24, 2.45) is 0 Å². The molecular formula is C16H25BrN2O. The first-order valence-corrected chi connectivity index (χ1v) is 8.34. The second kappa shape index (κ2) is 8.65. The highest BCUT2D eigenvalue weighted by Gasteiger charge is 2.08. The third-order valence-corrected chi connectivity index (χ3v) is 4.62. The molecule has 1 aromatic carbocycles. The van der Waals surface area contributed by atoms with Crippen molar-refractivity contribution in [3.63, 3.8) is 0 Å². The lowest BCUT2D eigenvalue weighted by Crippen LogP contribution is -2.32. The molecule has 0 saturated carbocycles. The lowest BCUT2D eigenvalue weighted by molar-refractivity contribution is 0.225. The number of nitrogens with one attached hydrogen (secondary N) is 1. The Hall–Kier alpha value is -0.580. The van der Waals surface area contributed by atoms with Crippen molar-refractivity contribution in [2.75, 3.05) is 33.3 Å². The fraction of sp³-hybridized carbons (Fsp3) is 0.625. The van der Waals surface area contributed by atoms with E-state index in [0.717, 1.165) is 23.3 Å². The highest BCUT2D eigenvalue weighted by molar-refractivity contribution is 9.10. The van der Waals surface area contributed by atoms with E-state index >= 15 is 0 Å². The SMILES string of the molecule is COc1ccc(Br)c(CNCCCN2CCCCC2)c1. The van der Waals surface area contributed by atoms with E-state index in [1.165, 1.54) is 50.9 Å². The third-order valence-electron chi connectivity index (χ3n) is 3.84. The van der Waals surface area contributed by atoms with Crippen LogP contribution in [0, 0.1) is 0 Å². The average molecular weight is 341 g/mol. The molecule has 1 aromatic rings. The molecule has 0 bridgehead atoms. The Morgan fingerprint density at radius 3 is 2.80 bits per heavy atom. The fourth-order valence-electron chi connectivity index (χ4n) is 2.65. The minimum absolute atomic E-state index is 0.887. The highest BCUT2D eigenvalue weighted by Crippen LogP contribution is 2.22. The van der Waals surface area contributed by atoms with Crippen LogP contribution in [0.4, 0.5) is 0 Å². The number of hydrogen-bond donors (Lipinski definition) is 1. The van der Waals surface area contributed by atoms with Crippen molar-refractivity contribution in [1.82, 2.24) is 10.2 Å². The second-order valence-corrected chi connectivity index (χ2v) is 6.24. The van der Waals surface area contributed by atoms with Gasteiger partial charge in [-0.25, -0.2) is 0 Å². The number of nitrogens with zero attached hydrogens (tertiary/aromatic N) is 1. The summed E-state index contributed by atoms with van der Waals surface area (Å²) in [6, 6.07) is 6.11. The molecule has 1 aliphatic rings. The van der Waals surface area contributed by atoms with Crippen LogP contribution in [-0.2, 0) is 6.54 Å². The molecule has 0 radical (unpaired) electrons. The van der Waals surface area contributed by atoms with E-state index in [2.05, 4.69) is 32.2 Å². The molecule has 0 spiro atoms. The number of ether oxygens (including phenoxy) is 1. The molecule has 112 valence electrons. The number of methoxy groups -OCH3 is 1. The minimum Gasteiger partial charge on any atom is -0.497 e. The summed E-state index contributed by atoms with van der Waals surface area (Å²) in [6.45, 7) is 5.77. The van der Waals surface area contributed by atoms with Crippen LogP contribution < -0.4 is 10.1 Å². The normalized spacial score (nSPS) is 16.3. The molecular weight excluding hydrogens is 316 g/mol. The number of likely N-dealkylation sites (tertiary alicyclic amines) is 1. The van der Waals surface area contributed by atoms with Crippen molar-refractivity contribution in [3.8, 4) is 5.75 Å². The Morgan fingerprint density at radius 2 is 2.05 bits per heavy atom. The fourth-order valence-corrected chi connectivity index (χ4v) is 3.03. The van der Waals surface area contributed by atoms with E-state index in [0.29, 0.717) is 0 Å². The number of rotatable bonds is 7. The summed E-state index contributed by atoms with van der Waals surface area (Å²) in [5.41, 5.74) is 1.25. The quantitative estimate of drug-likeness (QED) is 0.769. The molecule has 0 amide bonds. The van der Waals surface area contributed by atoms with Crippen LogP contribution in [-0.4, -0.2) is 38.2 Å². The van der Waals surface area contributed by atoms with Gasteiger partial charge in [0.05, 0.1) is 7.11 Å². The lowest BCUT2D eigenvalue weighted by Gasteiger charge is -2.26. The summed E-state index contributed by atoms with van der Waals surface area (Å²) in [6.07, 6.45) is 5.40. The highest BCUT2D eigenvalue weighted by atomic mass is 79.9. The summed E-state index contributed by atoms with van der Waals surface area (Å²) in [7, 11) is 1.71. The summed E-state index contributed by atoms with van der Waals surface area (Å²) >= 11 is 3.59. The molecule has 1 aliphatic heterocycles. The molecule has 0 aliphatic carbocycles. The number of hydrogen-bond acceptors (Lipinski definition) is 3. The van der Waals surface area contributed by atoms with Crippen LogP contribution in [0.25, 0.3) is 0 Å². The zero-order valence-corrected chi connectivity index (χ0v) is 13.9. The van der Waals surface area contributed by atoms with Crippen molar-refractivity contribution >= 4 is 15.9 Å². The van der Waals surface area contributed by atoms with Gasteiger partial charge in [0.2, 0.25) is 0 Å². The van der Waals surface area contributed by atoms with Gasteiger partial charge >= 0.3 is 0 Å². The Balaban J connectivity index is 1.65. The van der Waals surface area contributed by atoms with Crippen LogP contribution in [0.1, 0.15) is 31.2 Å². The first kappa shape index (κ1) is 15.8. The zero-order valence-electron chi connectivity index (χ0n) is 12.3. The van der Waals surface area contributed by atoms with E-state index in [-0.39, 0.29) is 0 Å². The van der Waals surface area contributed by atoms with Gasteiger partial charge in [0, 0.05) is 11.0 Å². The van der Waals surface area contributed by atoms with Gasteiger partial charge in [-0.2, -0.15) is 0 Å². The molecule has 4 heteroatoms. The Morgan fingerprint density at radius 1 is 1.25 bits per heavy atom. The van der Waals surface area contributed by atoms with Gasteiger partial charge in [-0.15, -0.1) is 0 Å². The maximum atomic E-state index is 5.26. The van der Waals surface area contributed by atoms with Crippen molar-refractivity contribution in [2.45, 2.75) is 32.2 Å². The van der Waals surface area contributed by atoms with Gasteiger partial charge in [0.1, 0.15) is 5.75 Å². The topological polar surface area (TPSA) is 24.5 Å². The number of piperidine rings is 1. The first-order chi connectivity index (χ1) is 9.79.